The Morgan fingerprint density at radius 2 is 2.21 bits per heavy atom. The number of thioether (sulfide) groups is 1. The topological polar surface area (TPSA) is 80.4 Å². The van der Waals surface area contributed by atoms with Gasteiger partial charge in [-0.05, 0) is 30.9 Å². The number of hydrogen-bond donors (Lipinski definition) is 1. The van der Waals surface area contributed by atoms with Gasteiger partial charge in [-0.1, -0.05) is 23.9 Å². The van der Waals surface area contributed by atoms with E-state index in [2.05, 4.69) is 15.3 Å². The van der Waals surface area contributed by atoms with E-state index >= 15 is 0 Å². The van der Waals surface area contributed by atoms with Crippen LogP contribution in [0, 0.1) is 6.92 Å². The first-order valence-corrected chi connectivity index (χ1v) is 6.68. The molecule has 1 aromatic heterocycles. The lowest BCUT2D eigenvalue weighted by molar-refractivity contribution is 0.475. The first-order valence-electron chi connectivity index (χ1n) is 5.45. The van der Waals surface area contributed by atoms with Crippen LogP contribution in [0.25, 0.3) is 0 Å². The fourth-order valence-corrected chi connectivity index (χ4v) is 1.83. The van der Waals surface area contributed by atoms with Crippen LogP contribution in [0.4, 0.5) is 0 Å². The SMILES string of the molecule is CSc1nnc(C)c(=O)n1N=Cc1cccc(O)c1. The lowest BCUT2D eigenvalue weighted by Gasteiger charge is -2.03. The van der Waals surface area contributed by atoms with Gasteiger partial charge in [-0.25, -0.2) is 0 Å². The minimum Gasteiger partial charge on any atom is -0.508 e. The Bertz CT molecular complexity index is 682. The van der Waals surface area contributed by atoms with Gasteiger partial charge in [-0.2, -0.15) is 9.78 Å². The number of aryl methyl sites for hydroxylation is 1. The monoisotopic (exact) mass is 276 g/mol. The summed E-state index contributed by atoms with van der Waals surface area (Å²) in [6.07, 6.45) is 3.28. The number of hydrogen-bond acceptors (Lipinski definition) is 6. The number of phenolic OH excluding ortho intramolecular Hbond substituents is 1. The van der Waals surface area contributed by atoms with Gasteiger partial charge in [0, 0.05) is 0 Å². The zero-order valence-electron chi connectivity index (χ0n) is 10.4. The number of phenols is 1. The third-order valence-corrected chi connectivity index (χ3v) is 2.96. The largest absolute Gasteiger partial charge is 0.508 e. The third kappa shape index (κ3) is 3.00. The molecule has 6 nitrogen and oxygen atoms in total. The van der Waals surface area contributed by atoms with E-state index in [4.69, 9.17) is 0 Å². The Labute approximate surface area is 113 Å². The van der Waals surface area contributed by atoms with Gasteiger partial charge in [-0.3, -0.25) is 4.79 Å². The summed E-state index contributed by atoms with van der Waals surface area (Å²) in [5.41, 5.74) is 0.662. The van der Waals surface area contributed by atoms with Crippen molar-refractivity contribution in [2.45, 2.75) is 12.1 Å². The molecule has 1 heterocycles. The standard InChI is InChI=1S/C12H12N4O2S/c1-8-11(18)16(12(19-2)15-14-8)13-7-9-4-3-5-10(17)6-9/h3-7,17H,1-2H3. The minimum absolute atomic E-state index is 0.144. The molecule has 0 saturated carbocycles. The number of benzene rings is 1. The van der Waals surface area contributed by atoms with Crippen LogP contribution in [0.5, 0.6) is 5.75 Å². The van der Waals surface area contributed by atoms with E-state index in [-0.39, 0.29) is 17.0 Å². The van der Waals surface area contributed by atoms with Crippen LogP contribution in [0.3, 0.4) is 0 Å². The normalized spacial score (nSPS) is 11.1. The molecule has 0 radical (unpaired) electrons. The second kappa shape index (κ2) is 5.66. The first kappa shape index (κ1) is 13.3. The Morgan fingerprint density at radius 1 is 1.42 bits per heavy atom. The zero-order chi connectivity index (χ0) is 13.8. The predicted octanol–water partition coefficient (Wildman–Crippen LogP) is 1.26. The van der Waals surface area contributed by atoms with Crippen molar-refractivity contribution in [3.63, 3.8) is 0 Å². The van der Waals surface area contributed by atoms with E-state index in [9.17, 15) is 9.90 Å². The minimum atomic E-state index is -0.309. The summed E-state index contributed by atoms with van der Waals surface area (Å²) >= 11 is 1.28. The smallest absolute Gasteiger partial charge is 0.296 e. The van der Waals surface area contributed by atoms with Crippen molar-refractivity contribution in [1.82, 2.24) is 14.9 Å². The van der Waals surface area contributed by atoms with E-state index in [1.54, 1.807) is 37.4 Å². The number of rotatable bonds is 3. The molecule has 0 atom stereocenters. The second-order valence-corrected chi connectivity index (χ2v) is 4.50. The summed E-state index contributed by atoms with van der Waals surface area (Å²) < 4.78 is 1.19. The van der Waals surface area contributed by atoms with E-state index in [1.807, 2.05) is 0 Å². The van der Waals surface area contributed by atoms with Gasteiger partial charge >= 0.3 is 0 Å². The van der Waals surface area contributed by atoms with E-state index < -0.39 is 0 Å². The van der Waals surface area contributed by atoms with Gasteiger partial charge < -0.3 is 5.11 Å². The maximum absolute atomic E-state index is 11.9. The number of nitrogens with zero attached hydrogens (tertiary/aromatic N) is 4. The van der Waals surface area contributed by atoms with E-state index in [1.165, 1.54) is 22.7 Å². The summed E-state index contributed by atoms with van der Waals surface area (Å²) in [6, 6.07) is 6.59. The van der Waals surface area contributed by atoms with Crippen LogP contribution in [0.1, 0.15) is 11.3 Å². The molecule has 0 unspecified atom stereocenters. The number of aromatic hydroxyl groups is 1. The van der Waals surface area contributed by atoms with Crippen LogP contribution >= 0.6 is 11.8 Å². The van der Waals surface area contributed by atoms with Gasteiger partial charge in [0.1, 0.15) is 11.4 Å². The summed E-state index contributed by atoms with van der Waals surface area (Å²) in [7, 11) is 0. The predicted molar refractivity (Wildman–Crippen MR) is 73.9 cm³/mol. The maximum Gasteiger partial charge on any atom is 0.296 e. The van der Waals surface area contributed by atoms with Crippen LogP contribution in [-0.4, -0.2) is 32.5 Å². The average molecular weight is 276 g/mol. The Morgan fingerprint density at radius 3 is 2.89 bits per heavy atom. The van der Waals surface area contributed by atoms with Crippen molar-refractivity contribution in [1.29, 1.82) is 0 Å². The van der Waals surface area contributed by atoms with Gasteiger partial charge in [0.05, 0.1) is 6.21 Å². The van der Waals surface area contributed by atoms with E-state index in [0.717, 1.165) is 0 Å². The third-order valence-electron chi connectivity index (χ3n) is 2.34. The molecule has 98 valence electrons. The molecular formula is C12H12N4O2S. The quantitative estimate of drug-likeness (QED) is 0.674. The Kier molecular flexibility index (Phi) is 3.96. The summed E-state index contributed by atoms with van der Waals surface area (Å²) in [6.45, 7) is 1.58. The fourth-order valence-electron chi connectivity index (χ4n) is 1.40. The molecule has 0 fully saturated rings. The summed E-state index contributed by atoms with van der Waals surface area (Å²) in [5, 5.41) is 21.5. The highest BCUT2D eigenvalue weighted by Gasteiger charge is 2.06. The molecule has 1 N–H and O–H groups in total. The van der Waals surface area contributed by atoms with Gasteiger partial charge in [0.2, 0.25) is 5.16 Å². The second-order valence-electron chi connectivity index (χ2n) is 3.73. The fraction of sp³-hybridized carbons (Fsp3) is 0.167. The highest BCUT2D eigenvalue weighted by Crippen LogP contribution is 2.10. The first-order chi connectivity index (χ1) is 9.11. The molecule has 0 aliphatic heterocycles. The van der Waals surface area contributed by atoms with Crippen LogP contribution in [-0.2, 0) is 0 Å². The summed E-state index contributed by atoms with van der Waals surface area (Å²) in [4.78, 5) is 11.9. The van der Waals surface area contributed by atoms with Crippen LogP contribution < -0.4 is 5.56 Å². The molecular weight excluding hydrogens is 264 g/mol. The molecule has 2 rings (SSSR count). The van der Waals surface area contributed by atoms with Gasteiger partial charge in [-0.15, -0.1) is 10.2 Å². The molecule has 19 heavy (non-hydrogen) atoms. The van der Waals surface area contributed by atoms with Gasteiger partial charge in [0.25, 0.3) is 5.56 Å². The van der Waals surface area contributed by atoms with Gasteiger partial charge in [0.15, 0.2) is 0 Å². The molecule has 7 heteroatoms. The van der Waals surface area contributed by atoms with Crippen molar-refractivity contribution in [3.05, 3.63) is 45.9 Å². The van der Waals surface area contributed by atoms with Crippen molar-refractivity contribution < 1.29 is 5.11 Å². The number of aromatic nitrogens is 3. The highest BCUT2D eigenvalue weighted by molar-refractivity contribution is 7.98. The molecule has 0 spiro atoms. The average Bonchev–Trinajstić information content (AvgIpc) is 2.40. The molecule has 0 saturated heterocycles. The molecule has 0 aliphatic rings. The lowest BCUT2D eigenvalue weighted by Crippen LogP contribution is -2.23. The Balaban J connectivity index is 2.43. The lowest BCUT2D eigenvalue weighted by atomic mass is 10.2. The summed E-state index contributed by atoms with van der Waals surface area (Å²) in [5.74, 6) is 0.144. The van der Waals surface area contributed by atoms with Crippen molar-refractivity contribution >= 4 is 18.0 Å². The van der Waals surface area contributed by atoms with Crippen molar-refractivity contribution in [2.24, 2.45) is 5.10 Å². The molecule has 1 aromatic carbocycles. The molecule has 2 aromatic rings. The molecule has 0 amide bonds. The zero-order valence-corrected chi connectivity index (χ0v) is 11.3. The van der Waals surface area contributed by atoms with Crippen LogP contribution in [0.15, 0.2) is 39.3 Å². The Hall–Kier alpha value is -2.15. The van der Waals surface area contributed by atoms with E-state index in [0.29, 0.717) is 10.7 Å². The molecule has 0 aliphatic carbocycles. The highest BCUT2D eigenvalue weighted by atomic mass is 32.2. The molecule has 0 bridgehead atoms. The maximum atomic E-state index is 11.9. The van der Waals surface area contributed by atoms with Crippen molar-refractivity contribution in [3.8, 4) is 5.75 Å². The van der Waals surface area contributed by atoms with Crippen LogP contribution in [0.2, 0.25) is 0 Å². The van der Waals surface area contributed by atoms with Crippen molar-refractivity contribution in [2.75, 3.05) is 6.26 Å².